The lowest BCUT2D eigenvalue weighted by Crippen LogP contribution is -2.13. The maximum Gasteiger partial charge on any atom is 0.272 e. The lowest BCUT2D eigenvalue weighted by atomic mass is 10.3. The van der Waals surface area contributed by atoms with E-state index < -0.39 is 5.91 Å². The molecule has 0 unspecified atom stereocenters. The van der Waals surface area contributed by atoms with E-state index in [-0.39, 0.29) is 5.69 Å². The van der Waals surface area contributed by atoms with Crippen molar-refractivity contribution in [3.8, 4) is 15.6 Å². The Morgan fingerprint density at radius 3 is 2.78 bits per heavy atom. The maximum atomic E-state index is 11.3. The third-order valence-electron chi connectivity index (χ3n) is 2.19. The Bertz CT molecular complexity index is 540. The van der Waals surface area contributed by atoms with Gasteiger partial charge in [0.2, 0.25) is 5.06 Å². The second-order valence-corrected chi connectivity index (χ2v) is 4.57. The first-order valence-electron chi connectivity index (χ1n) is 5.56. The summed E-state index contributed by atoms with van der Waals surface area (Å²) in [6.45, 7) is 2.53. The molecule has 2 N–H and O–H groups in total. The molecule has 0 aromatic carbocycles. The Labute approximate surface area is 109 Å². The van der Waals surface area contributed by atoms with Gasteiger partial charge in [0.15, 0.2) is 5.69 Å². The minimum absolute atomic E-state index is 0.195. The van der Waals surface area contributed by atoms with E-state index >= 15 is 0 Å². The summed E-state index contributed by atoms with van der Waals surface area (Å²) in [5, 5.41) is 1.19. The van der Waals surface area contributed by atoms with Crippen LogP contribution < -0.4 is 10.5 Å². The molecule has 0 radical (unpaired) electrons. The number of pyridine rings is 1. The van der Waals surface area contributed by atoms with Crippen LogP contribution in [0.4, 0.5) is 0 Å². The minimum atomic E-state index is -0.572. The molecule has 2 rings (SSSR count). The van der Waals surface area contributed by atoms with Crippen molar-refractivity contribution in [3.63, 3.8) is 0 Å². The van der Waals surface area contributed by atoms with Crippen LogP contribution in [-0.4, -0.2) is 22.5 Å². The fourth-order valence-corrected chi connectivity index (χ4v) is 2.32. The Morgan fingerprint density at radius 1 is 1.44 bits per heavy atom. The predicted molar refractivity (Wildman–Crippen MR) is 69.6 cm³/mol. The highest BCUT2D eigenvalue weighted by Gasteiger charge is 2.17. The normalized spacial score (nSPS) is 10.3. The number of ether oxygens (including phenoxy) is 1. The smallest absolute Gasteiger partial charge is 0.272 e. The summed E-state index contributed by atoms with van der Waals surface area (Å²) < 4.78 is 5.49. The van der Waals surface area contributed by atoms with Crippen molar-refractivity contribution in [3.05, 3.63) is 30.2 Å². The SMILES string of the molecule is CCCOc1sc(-c2ccncc2)nc1C(N)=O. The summed E-state index contributed by atoms with van der Waals surface area (Å²) in [4.78, 5) is 19.5. The number of hydrogen-bond acceptors (Lipinski definition) is 5. The van der Waals surface area contributed by atoms with E-state index in [4.69, 9.17) is 10.5 Å². The van der Waals surface area contributed by atoms with Gasteiger partial charge in [-0.15, -0.1) is 0 Å². The van der Waals surface area contributed by atoms with Gasteiger partial charge < -0.3 is 10.5 Å². The van der Waals surface area contributed by atoms with E-state index in [1.54, 1.807) is 12.4 Å². The van der Waals surface area contributed by atoms with Gasteiger partial charge in [0.1, 0.15) is 5.01 Å². The Kier molecular flexibility index (Phi) is 3.88. The summed E-state index contributed by atoms with van der Waals surface area (Å²) in [5.74, 6) is -0.572. The van der Waals surface area contributed by atoms with Crippen molar-refractivity contribution >= 4 is 17.2 Å². The van der Waals surface area contributed by atoms with Crippen molar-refractivity contribution < 1.29 is 9.53 Å². The third-order valence-corrected chi connectivity index (χ3v) is 3.21. The quantitative estimate of drug-likeness (QED) is 0.896. The molecule has 0 aliphatic carbocycles. The topological polar surface area (TPSA) is 78.1 Å². The molecule has 94 valence electrons. The van der Waals surface area contributed by atoms with Gasteiger partial charge in [0.05, 0.1) is 6.61 Å². The molecule has 0 bridgehead atoms. The van der Waals surface area contributed by atoms with Gasteiger partial charge in [0, 0.05) is 18.0 Å². The number of carbonyl (C=O) groups excluding carboxylic acids is 1. The first-order valence-corrected chi connectivity index (χ1v) is 6.38. The van der Waals surface area contributed by atoms with Crippen LogP contribution in [0.1, 0.15) is 23.8 Å². The van der Waals surface area contributed by atoms with Gasteiger partial charge in [-0.2, -0.15) is 0 Å². The molecule has 0 atom stereocenters. The van der Waals surface area contributed by atoms with Crippen LogP contribution in [0.25, 0.3) is 10.6 Å². The first kappa shape index (κ1) is 12.5. The molecule has 1 amide bonds. The summed E-state index contributed by atoms with van der Waals surface area (Å²) in [5.41, 5.74) is 6.38. The fourth-order valence-electron chi connectivity index (χ4n) is 1.37. The number of amides is 1. The van der Waals surface area contributed by atoms with E-state index in [2.05, 4.69) is 9.97 Å². The Balaban J connectivity index is 2.36. The highest BCUT2D eigenvalue weighted by Crippen LogP contribution is 2.33. The van der Waals surface area contributed by atoms with Crippen LogP contribution in [-0.2, 0) is 0 Å². The van der Waals surface area contributed by atoms with Crippen molar-refractivity contribution in [2.75, 3.05) is 6.61 Å². The second-order valence-electron chi connectivity index (χ2n) is 3.60. The van der Waals surface area contributed by atoms with Crippen LogP contribution in [0.3, 0.4) is 0 Å². The van der Waals surface area contributed by atoms with Gasteiger partial charge in [0.25, 0.3) is 5.91 Å². The van der Waals surface area contributed by atoms with Gasteiger partial charge in [-0.05, 0) is 18.6 Å². The molecule has 5 nitrogen and oxygen atoms in total. The molecule has 0 aliphatic heterocycles. The number of hydrogen-bond donors (Lipinski definition) is 1. The van der Waals surface area contributed by atoms with Crippen LogP contribution in [0, 0.1) is 0 Å². The number of nitrogens with two attached hydrogens (primary N) is 1. The van der Waals surface area contributed by atoms with Crippen LogP contribution in [0.15, 0.2) is 24.5 Å². The monoisotopic (exact) mass is 263 g/mol. The molecule has 6 heteroatoms. The predicted octanol–water partition coefficient (Wildman–Crippen LogP) is 2.09. The summed E-state index contributed by atoms with van der Waals surface area (Å²) in [6, 6.07) is 3.65. The van der Waals surface area contributed by atoms with Crippen LogP contribution >= 0.6 is 11.3 Å². The number of nitrogens with zero attached hydrogens (tertiary/aromatic N) is 2. The largest absolute Gasteiger partial charge is 0.482 e. The minimum Gasteiger partial charge on any atom is -0.482 e. The molecular weight excluding hydrogens is 250 g/mol. The zero-order chi connectivity index (χ0) is 13.0. The molecule has 0 spiro atoms. The molecule has 0 aliphatic rings. The Morgan fingerprint density at radius 2 is 2.17 bits per heavy atom. The van der Waals surface area contributed by atoms with Crippen molar-refractivity contribution in [1.82, 2.24) is 9.97 Å². The molecule has 18 heavy (non-hydrogen) atoms. The number of primary amides is 1. The van der Waals surface area contributed by atoms with Crippen LogP contribution in [0.5, 0.6) is 5.06 Å². The number of rotatable bonds is 5. The van der Waals surface area contributed by atoms with E-state index in [1.165, 1.54) is 11.3 Å². The van der Waals surface area contributed by atoms with E-state index in [1.807, 2.05) is 19.1 Å². The molecule has 2 aromatic heterocycles. The molecule has 2 heterocycles. The highest BCUT2D eigenvalue weighted by atomic mass is 32.1. The van der Waals surface area contributed by atoms with Gasteiger partial charge in [-0.3, -0.25) is 9.78 Å². The average Bonchev–Trinajstić information content (AvgIpc) is 2.81. The molecular formula is C12H13N3O2S. The second kappa shape index (κ2) is 5.59. The lowest BCUT2D eigenvalue weighted by molar-refractivity contribution is 0.0992. The van der Waals surface area contributed by atoms with Crippen molar-refractivity contribution in [1.29, 1.82) is 0 Å². The zero-order valence-electron chi connectivity index (χ0n) is 9.92. The number of aromatic nitrogens is 2. The number of thiazole rings is 1. The summed E-state index contributed by atoms with van der Waals surface area (Å²) >= 11 is 1.32. The molecule has 0 saturated heterocycles. The van der Waals surface area contributed by atoms with E-state index in [0.717, 1.165) is 12.0 Å². The van der Waals surface area contributed by atoms with Crippen molar-refractivity contribution in [2.24, 2.45) is 5.73 Å². The third kappa shape index (κ3) is 2.65. The van der Waals surface area contributed by atoms with Crippen LogP contribution in [0.2, 0.25) is 0 Å². The maximum absolute atomic E-state index is 11.3. The summed E-state index contributed by atoms with van der Waals surface area (Å²) in [6.07, 6.45) is 4.21. The van der Waals surface area contributed by atoms with Gasteiger partial charge in [-0.25, -0.2) is 4.98 Å². The molecule has 2 aromatic rings. The highest BCUT2D eigenvalue weighted by molar-refractivity contribution is 7.17. The average molecular weight is 263 g/mol. The lowest BCUT2D eigenvalue weighted by Gasteiger charge is -2.00. The van der Waals surface area contributed by atoms with E-state index in [0.29, 0.717) is 16.7 Å². The van der Waals surface area contributed by atoms with Gasteiger partial charge >= 0.3 is 0 Å². The standard InChI is InChI=1S/C12H13N3O2S/c1-2-7-17-12-9(10(13)16)15-11(18-12)8-3-5-14-6-4-8/h3-6H,2,7H2,1H3,(H2,13,16). The number of carbonyl (C=O) groups is 1. The molecule has 0 fully saturated rings. The first-order chi connectivity index (χ1) is 8.72. The zero-order valence-corrected chi connectivity index (χ0v) is 10.7. The Hall–Kier alpha value is -1.95. The van der Waals surface area contributed by atoms with Crippen molar-refractivity contribution in [2.45, 2.75) is 13.3 Å². The fraction of sp³-hybridized carbons (Fsp3) is 0.250. The van der Waals surface area contributed by atoms with E-state index in [9.17, 15) is 4.79 Å². The summed E-state index contributed by atoms with van der Waals surface area (Å²) in [7, 11) is 0. The van der Waals surface area contributed by atoms with Gasteiger partial charge in [-0.1, -0.05) is 18.3 Å². The molecule has 0 saturated carbocycles.